The number of hydrogen-bond donors (Lipinski definition) is 2. The molecule has 0 aromatic carbocycles. The zero-order chi connectivity index (χ0) is 5.98. The number of piperidine rings is 1. The maximum Gasteiger partial charge on any atom is 0.221 e. The molecule has 46 valence electrons. The predicted octanol–water partition coefficient (Wildman–Crippen LogP) is -0.395. The van der Waals surface area contributed by atoms with Gasteiger partial charge >= 0.3 is 0 Å². The molecule has 3 nitrogen and oxygen atoms in total. The fraction of sp³-hybridized carbons (Fsp3) is 0.800. The van der Waals surface area contributed by atoms with E-state index in [0.29, 0.717) is 12.8 Å². The highest BCUT2D eigenvalue weighted by molar-refractivity contribution is 5.76. The molecule has 1 amide bonds. The van der Waals surface area contributed by atoms with Gasteiger partial charge in [-0.05, 0) is 12.8 Å². The van der Waals surface area contributed by atoms with Crippen LogP contribution in [-0.4, -0.2) is 17.2 Å². The van der Waals surface area contributed by atoms with Crippen LogP contribution in [0.3, 0.4) is 0 Å². The van der Waals surface area contributed by atoms with Crippen LogP contribution >= 0.6 is 0 Å². The summed E-state index contributed by atoms with van der Waals surface area (Å²) in [7, 11) is 0. The lowest BCUT2D eigenvalue weighted by atomic mass is 10.1. The van der Waals surface area contributed by atoms with Gasteiger partial charge in [0, 0.05) is 6.42 Å². The molecule has 1 heterocycles. The molecule has 0 aromatic heterocycles. The lowest BCUT2D eigenvalue weighted by Gasteiger charge is -2.16. The van der Waals surface area contributed by atoms with Gasteiger partial charge in [0.15, 0.2) is 0 Å². The fourth-order valence-electron chi connectivity index (χ4n) is 0.786. The molecule has 1 aliphatic rings. The summed E-state index contributed by atoms with van der Waals surface area (Å²) in [5.41, 5.74) is 0. The molecule has 0 bridgehead atoms. The zero-order valence-electron chi connectivity index (χ0n) is 4.55. The van der Waals surface area contributed by atoms with Gasteiger partial charge in [-0.15, -0.1) is 0 Å². The first-order valence-corrected chi connectivity index (χ1v) is 2.76. The summed E-state index contributed by atoms with van der Waals surface area (Å²) < 4.78 is 0. The molecule has 8 heavy (non-hydrogen) atoms. The normalized spacial score (nSPS) is 29.6. The SMILES string of the molecule is O=C1CCC[C@@H](O)N1. The minimum absolute atomic E-state index is 0.0382. The van der Waals surface area contributed by atoms with E-state index in [0.717, 1.165) is 6.42 Å². The van der Waals surface area contributed by atoms with Crippen molar-refractivity contribution in [2.24, 2.45) is 0 Å². The average molecular weight is 115 g/mol. The second-order valence-electron chi connectivity index (χ2n) is 1.98. The number of aliphatic hydroxyl groups is 1. The summed E-state index contributed by atoms with van der Waals surface area (Å²) in [5.74, 6) is -0.0382. The first-order chi connectivity index (χ1) is 3.79. The molecule has 1 aliphatic heterocycles. The van der Waals surface area contributed by atoms with Crippen molar-refractivity contribution >= 4 is 5.91 Å². The molecule has 2 N–H and O–H groups in total. The predicted molar refractivity (Wildman–Crippen MR) is 28.0 cm³/mol. The molecule has 1 atom stereocenters. The summed E-state index contributed by atoms with van der Waals surface area (Å²) in [6, 6.07) is 0. The van der Waals surface area contributed by atoms with Crippen molar-refractivity contribution in [1.29, 1.82) is 0 Å². The average Bonchev–Trinajstić information content (AvgIpc) is 1.64. The Morgan fingerprint density at radius 2 is 2.50 bits per heavy atom. The third-order valence-corrected chi connectivity index (χ3v) is 1.21. The Kier molecular flexibility index (Phi) is 1.48. The molecule has 0 aromatic rings. The summed E-state index contributed by atoms with van der Waals surface area (Å²) in [4.78, 5) is 10.4. The Morgan fingerprint density at radius 1 is 1.75 bits per heavy atom. The number of nitrogens with one attached hydrogen (secondary N) is 1. The molecular formula is C5H9NO2. The van der Waals surface area contributed by atoms with Crippen LogP contribution in [0.25, 0.3) is 0 Å². The summed E-state index contributed by atoms with van der Waals surface area (Å²) in [6.45, 7) is 0. The van der Waals surface area contributed by atoms with Gasteiger partial charge in [0.05, 0.1) is 0 Å². The number of carbonyl (C=O) groups excluding carboxylic acids is 1. The molecule has 1 rings (SSSR count). The number of carbonyl (C=O) groups is 1. The standard InChI is InChI=1S/C5H9NO2/c7-4-2-1-3-5(8)6-4/h4,7H,1-3H2,(H,6,8)/t4-/m1/s1. The van der Waals surface area contributed by atoms with Crippen LogP contribution in [0.4, 0.5) is 0 Å². The van der Waals surface area contributed by atoms with E-state index in [2.05, 4.69) is 5.32 Å². The Labute approximate surface area is 47.7 Å². The molecule has 0 spiro atoms. The Morgan fingerprint density at radius 3 is 2.88 bits per heavy atom. The quantitative estimate of drug-likeness (QED) is 0.451. The number of hydrogen-bond acceptors (Lipinski definition) is 2. The van der Waals surface area contributed by atoms with Crippen molar-refractivity contribution in [3.63, 3.8) is 0 Å². The highest BCUT2D eigenvalue weighted by Gasteiger charge is 2.13. The van der Waals surface area contributed by atoms with Crippen molar-refractivity contribution in [2.75, 3.05) is 0 Å². The highest BCUT2D eigenvalue weighted by Crippen LogP contribution is 2.04. The van der Waals surface area contributed by atoms with Crippen molar-refractivity contribution in [3.05, 3.63) is 0 Å². The third kappa shape index (κ3) is 1.20. The van der Waals surface area contributed by atoms with Crippen LogP contribution in [0.1, 0.15) is 19.3 Å². The second-order valence-corrected chi connectivity index (χ2v) is 1.98. The van der Waals surface area contributed by atoms with E-state index in [1.807, 2.05) is 0 Å². The van der Waals surface area contributed by atoms with E-state index >= 15 is 0 Å². The van der Waals surface area contributed by atoms with Gasteiger partial charge in [-0.2, -0.15) is 0 Å². The summed E-state index contributed by atoms with van der Waals surface area (Å²) >= 11 is 0. The van der Waals surface area contributed by atoms with E-state index in [1.165, 1.54) is 0 Å². The monoisotopic (exact) mass is 115 g/mol. The first-order valence-electron chi connectivity index (χ1n) is 2.76. The topological polar surface area (TPSA) is 49.3 Å². The number of amides is 1. The Balaban J connectivity index is 2.34. The molecule has 0 unspecified atom stereocenters. The molecule has 0 radical (unpaired) electrons. The van der Waals surface area contributed by atoms with E-state index in [9.17, 15) is 4.79 Å². The minimum atomic E-state index is -0.587. The summed E-state index contributed by atoms with van der Waals surface area (Å²) in [5, 5.41) is 11.1. The highest BCUT2D eigenvalue weighted by atomic mass is 16.3. The van der Waals surface area contributed by atoms with E-state index in [-0.39, 0.29) is 5.91 Å². The zero-order valence-corrected chi connectivity index (χ0v) is 4.55. The summed E-state index contributed by atoms with van der Waals surface area (Å²) in [6.07, 6.45) is 1.49. The molecule has 1 saturated heterocycles. The van der Waals surface area contributed by atoms with Crippen molar-refractivity contribution in [3.8, 4) is 0 Å². The minimum Gasteiger partial charge on any atom is -0.374 e. The molecular weight excluding hydrogens is 106 g/mol. The molecule has 0 saturated carbocycles. The van der Waals surface area contributed by atoms with Crippen LogP contribution < -0.4 is 5.32 Å². The van der Waals surface area contributed by atoms with E-state index in [1.54, 1.807) is 0 Å². The number of rotatable bonds is 0. The molecule has 3 heteroatoms. The third-order valence-electron chi connectivity index (χ3n) is 1.21. The van der Waals surface area contributed by atoms with E-state index < -0.39 is 6.23 Å². The lowest BCUT2D eigenvalue weighted by molar-refractivity contribution is -0.126. The molecule has 1 fully saturated rings. The van der Waals surface area contributed by atoms with Crippen LogP contribution in [0.5, 0.6) is 0 Å². The van der Waals surface area contributed by atoms with Gasteiger partial charge in [-0.1, -0.05) is 0 Å². The lowest BCUT2D eigenvalue weighted by Crippen LogP contribution is -2.38. The van der Waals surface area contributed by atoms with Gasteiger partial charge in [-0.3, -0.25) is 4.79 Å². The van der Waals surface area contributed by atoms with Gasteiger partial charge in [0.1, 0.15) is 6.23 Å². The van der Waals surface area contributed by atoms with Crippen LogP contribution in [0, 0.1) is 0 Å². The van der Waals surface area contributed by atoms with Crippen LogP contribution in [0.2, 0.25) is 0 Å². The van der Waals surface area contributed by atoms with Crippen LogP contribution in [-0.2, 0) is 4.79 Å². The van der Waals surface area contributed by atoms with Gasteiger partial charge in [-0.25, -0.2) is 0 Å². The van der Waals surface area contributed by atoms with Gasteiger partial charge < -0.3 is 10.4 Å². The fourth-order valence-corrected chi connectivity index (χ4v) is 0.786. The maximum atomic E-state index is 10.4. The second kappa shape index (κ2) is 2.13. The Bertz CT molecular complexity index is 103. The van der Waals surface area contributed by atoms with Crippen molar-refractivity contribution < 1.29 is 9.90 Å². The first kappa shape index (κ1) is 5.56. The smallest absolute Gasteiger partial charge is 0.221 e. The van der Waals surface area contributed by atoms with Crippen molar-refractivity contribution in [1.82, 2.24) is 5.32 Å². The van der Waals surface area contributed by atoms with Crippen molar-refractivity contribution in [2.45, 2.75) is 25.5 Å². The largest absolute Gasteiger partial charge is 0.374 e. The van der Waals surface area contributed by atoms with Crippen LogP contribution in [0.15, 0.2) is 0 Å². The number of aliphatic hydroxyl groups excluding tert-OH is 1. The van der Waals surface area contributed by atoms with E-state index in [4.69, 9.17) is 5.11 Å². The van der Waals surface area contributed by atoms with Gasteiger partial charge in [0.25, 0.3) is 0 Å². The Hall–Kier alpha value is -0.570. The maximum absolute atomic E-state index is 10.4. The molecule has 0 aliphatic carbocycles. The van der Waals surface area contributed by atoms with Gasteiger partial charge in [0.2, 0.25) is 5.91 Å².